The summed E-state index contributed by atoms with van der Waals surface area (Å²) in [6.07, 6.45) is 1.08. The lowest BCUT2D eigenvalue weighted by atomic mass is 10.1. The highest BCUT2D eigenvalue weighted by molar-refractivity contribution is 7.90. The van der Waals surface area contributed by atoms with Crippen molar-refractivity contribution >= 4 is 21.6 Å². The molecule has 0 bridgehead atoms. The maximum absolute atomic E-state index is 12.1. The van der Waals surface area contributed by atoms with Crippen molar-refractivity contribution in [3.05, 3.63) is 53.6 Å². The van der Waals surface area contributed by atoms with E-state index in [1.165, 1.54) is 36.4 Å². The fourth-order valence-electron chi connectivity index (χ4n) is 2.36. The second-order valence-electron chi connectivity index (χ2n) is 5.65. The lowest BCUT2D eigenvalue weighted by Crippen LogP contribution is -2.17. The number of hydrogen-bond acceptors (Lipinski definition) is 7. The van der Waals surface area contributed by atoms with Crippen LogP contribution >= 0.6 is 0 Å². The van der Waals surface area contributed by atoms with E-state index in [-0.39, 0.29) is 16.0 Å². The van der Waals surface area contributed by atoms with Gasteiger partial charge in [-0.3, -0.25) is 4.79 Å². The molecule has 0 fully saturated rings. The maximum Gasteiger partial charge on any atom is 0.338 e. The number of carbonyl (C=O) groups excluding carboxylic acids is 2. The number of hydrogen-bond donors (Lipinski definition) is 0. The highest BCUT2D eigenvalue weighted by Crippen LogP contribution is 2.30. The maximum atomic E-state index is 12.1. The average Bonchev–Trinajstić information content (AvgIpc) is 2.64. The van der Waals surface area contributed by atoms with E-state index < -0.39 is 28.2 Å². The predicted octanol–water partition coefficient (Wildman–Crippen LogP) is 1.90. The van der Waals surface area contributed by atoms with Crippen LogP contribution in [0, 0.1) is 0 Å². The molecule has 1 aliphatic heterocycles. The van der Waals surface area contributed by atoms with Gasteiger partial charge in [0, 0.05) is 11.8 Å². The second-order valence-corrected chi connectivity index (χ2v) is 7.67. The SMILES string of the molecule is CS(=O)(=O)c1ccc(C(=O)COC(=O)c2ccc3c(c2)OCCO3)cc1. The van der Waals surface area contributed by atoms with Crippen LogP contribution in [0.2, 0.25) is 0 Å². The normalized spacial score (nSPS) is 13.1. The highest BCUT2D eigenvalue weighted by Gasteiger charge is 2.17. The zero-order valence-electron chi connectivity index (χ0n) is 13.9. The molecule has 0 N–H and O–H groups in total. The first kappa shape index (κ1) is 17.9. The number of ether oxygens (including phenoxy) is 3. The van der Waals surface area contributed by atoms with Gasteiger partial charge in [-0.2, -0.15) is 0 Å². The molecule has 8 heteroatoms. The summed E-state index contributed by atoms with van der Waals surface area (Å²) in [4.78, 5) is 24.3. The molecule has 0 saturated heterocycles. The minimum atomic E-state index is -3.33. The van der Waals surface area contributed by atoms with Crippen LogP contribution in [0.15, 0.2) is 47.4 Å². The Morgan fingerprint density at radius 2 is 1.58 bits per heavy atom. The van der Waals surface area contributed by atoms with Crippen molar-refractivity contribution in [3.63, 3.8) is 0 Å². The highest BCUT2D eigenvalue weighted by atomic mass is 32.2. The van der Waals surface area contributed by atoms with Gasteiger partial charge >= 0.3 is 5.97 Å². The smallest absolute Gasteiger partial charge is 0.338 e. The monoisotopic (exact) mass is 376 g/mol. The van der Waals surface area contributed by atoms with Gasteiger partial charge in [-0.1, -0.05) is 0 Å². The van der Waals surface area contributed by atoms with Crippen molar-refractivity contribution < 1.29 is 32.2 Å². The Balaban J connectivity index is 1.63. The van der Waals surface area contributed by atoms with E-state index in [0.29, 0.717) is 24.7 Å². The number of Topliss-reactive ketones (excluding diaryl/α,β-unsaturated/α-hetero) is 1. The van der Waals surface area contributed by atoms with Crippen LogP contribution < -0.4 is 9.47 Å². The van der Waals surface area contributed by atoms with Crippen molar-refractivity contribution in [3.8, 4) is 11.5 Å². The zero-order valence-corrected chi connectivity index (χ0v) is 14.7. The molecule has 0 aliphatic carbocycles. The van der Waals surface area contributed by atoms with Crippen molar-refractivity contribution in [2.24, 2.45) is 0 Å². The van der Waals surface area contributed by atoms with E-state index in [0.717, 1.165) is 6.26 Å². The Hall–Kier alpha value is -2.87. The number of carbonyl (C=O) groups is 2. The third-order valence-electron chi connectivity index (χ3n) is 3.72. The first-order valence-electron chi connectivity index (χ1n) is 7.75. The minimum absolute atomic E-state index is 0.113. The molecule has 0 aromatic heterocycles. The standard InChI is InChI=1S/C18H16O7S/c1-26(21,22)14-5-2-12(3-6-14)15(19)11-25-18(20)13-4-7-16-17(10-13)24-9-8-23-16/h2-7,10H,8-9,11H2,1H3. The van der Waals surface area contributed by atoms with Crippen LogP contribution in [0.25, 0.3) is 0 Å². The summed E-state index contributed by atoms with van der Waals surface area (Å²) in [5.41, 5.74) is 0.502. The summed E-state index contributed by atoms with van der Waals surface area (Å²) in [5, 5.41) is 0. The molecule has 136 valence electrons. The van der Waals surface area contributed by atoms with E-state index in [9.17, 15) is 18.0 Å². The van der Waals surface area contributed by atoms with Crippen LogP contribution in [0.1, 0.15) is 20.7 Å². The Labute approximate surface area is 150 Å². The van der Waals surface area contributed by atoms with Gasteiger partial charge in [-0.05, 0) is 42.5 Å². The third kappa shape index (κ3) is 4.02. The molecule has 0 amide bonds. The summed E-state index contributed by atoms with van der Waals surface area (Å²) >= 11 is 0. The van der Waals surface area contributed by atoms with Crippen LogP contribution in [-0.4, -0.2) is 46.2 Å². The zero-order chi connectivity index (χ0) is 18.7. The molecule has 1 aliphatic rings. The largest absolute Gasteiger partial charge is 0.486 e. The fraction of sp³-hybridized carbons (Fsp3) is 0.222. The third-order valence-corrected chi connectivity index (χ3v) is 4.85. The molecule has 26 heavy (non-hydrogen) atoms. The van der Waals surface area contributed by atoms with E-state index >= 15 is 0 Å². The number of rotatable bonds is 5. The Morgan fingerprint density at radius 3 is 2.23 bits per heavy atom. The number of ketones is 1. The number of sulfone groups is 1. The van der Waals surface area contributed by atoms with Gasteiger partial charge in [0.2, 0.25) is 0 Å². The quantitative estimate of drug-likeness (QED) is 0.581. The lowest BCUT2D eigenvalue weighted by molar-refractivity contribution is 0.0474. The molecule has 0 atom stereocenters. The molecule has 0 radical (unpaired) electrons. The molecule has 0 spiro atoms. The van der Waals surface area contributed by atoms with Gasteiger partial charge in [0.25, 0.3) is 0 Å². The molecule has 7 nitrogen and oxygen atoms in total. The summed E-state index contributed by atoms with van der Waals surface area (Å²) in [6.45, 7) is 0.391. The van der Waals surface area contributed by atoms with E-state index in [1.54, 1.807) is 6.07 Å². The Bertz CT molecular complexity index is 946. The average molecular weight is 376 g/mol. The fourth-order valence-corrected chi connectivity index (χ4v) is 2.99. The second kappa shape index (κ2) is 7.17. The Morgan fingerprint density at radius 1 is 0.962 bits per heavy atom. The molecule has 2 aromatic carbocycles. The van der Waals surface area contributed by atoms with Crippen molar-refractivity contribution in [1.82, 2.24) is 0 Å². The summed E-state index contributed by atoms with van der Waals surface area (Å²) in [6, 6.07) is 10.1. The number of esters is 1. The summed E-state index contributed by atoms with van der Waals surface area (Å²) in [7, 11) is -3.33. The van der Waals surface area contributed by atoms with E-state index in [1.807, 2.05) is 0 Å². The molecule has 1 heterocycles. The first-order valence-corrected chi connectivity index (χ1v) is 9.64. The predicted molar refractivity (Wildman–Crippen MR) is 91.6 cm³/mol. The van der Waals surface area contributed by atoms with Gasteiger partial charge < -0.3 is 14.2 Å². The van der Waals surface area contributed by atoms with E-state index in [2.05, 4.69) is 0 Å². The van der Waals surface area contributed by atoms with Gasteiger partial charge in [0.1, 0.15) is 13.2 Å². The van der Waals surface area contributed by atoms with Crippen molar-refractivity contribution in [2.45, 2.75) is 4.90 Å². The van der Waals surface area contributed by atoms with Crippen molar-refractivity contribution in [1.29, 1.82) is 0 Å². The van der Waals surface area contributed by atoms with Crippen LogP contribution in [-0.2, 0) is 14.6 Å². The minimum Gasteiger partial charge on any atom is -0.486 e. The lowest BCUT2D eigenvalue weighted by Gasteiger charge is -2.18. The molecule has 2 aromatic rings. The topological polar surface area (TPSA) is 96.0 Å². The van der Waals surface area contributed by atoms with Gasteiger partial charge in [-0.25, -0.2) is 13.2 Å². The summed E-state index contributed by atoms with van der Waals surface area (Å²) in [5.74, 6) is -0.0951. The Kier molecular flexibility index (Phi) is 4.94. The van der Waals surface area contributed by atoms with Crippen LogP contribution in [0.3, 0.4) is 0 Å². The molecular formula is C18H16O7S. The van der Waals surface area contributed by atoms with Gasteiger partial charge in [0.05, 0.1) is 10.5 Å². The number of benzene rings is 2. The van der Waals surface area contributed by atoms with Gasteiger partial charge in [-0.15, -0.1) is 0 Å². The van der Waals surface area contributed by atoms with E-state index in [4.69, 9.17) is 14.2 Å². The summed E-state index contributed by atoms with van der Waals surface area (Å²) < 4.78 is 38.6. The number of fused-ring (bicyclic) bond motifs is 1. The van der Waals surface area contributed by atoms with Gasteiger partial charge in [0.15, 0.2) is 33.7 Å². The molecule has 0 unspecified atom stereocenters. The molecular weight excluding hydrogens is 360 g/mol. The van der Waals surface area contributed by atoms with Crippen LogP contribution in [0.5, 0.6) is 11.5 Å². The first-order chi connectivity index (χ1) is 12.3. The molecule has 0 saturated carbocycles. The molecule has 3 rings (SSSR count). The van der Waals surface area contributed by atoms with Crippen LogP contribution in [0.4, 0.5) is 0 Å². The van der Waals surface area contributed by atoms with Crippen molar-refractivity contribution in [2.75, 3.05) is 26.1 Å².